The third-order valence-corrected chi connectivity index (χ3v) is 4.71. The van der Waals surface area contributed by atoms with Crippen LogP contribution in [0.15, 0.2) is 4.52 Å². The van der Waals surface area contributed by atoms with Crippen LogP contribution in [0.2, 0.25) is 0 Å². The molecule has 0 unspecified atom stereocenters. The van der Waals surface area contributed by atoms with E-state index in [1.54, 1.807) is 6.92 Å². The molecule has 1 aliphatic carbocycles. The largest absolute Gasteiger partial charge is 0.389 e. The number of aryl methyl sites for hydroxylation is 1. The lowest BCUT2D eigenvalue weighted by Crippen LogP contribution is -2.47. The van der Waals surface area contributed by atoms with Gasteiger partial charge in [0.05, 0.1) is 12.0 Å². The highest BCUT2D eigenvalue weighted by atomic mass is 16.5. The average Bonchev–Trinajstić information content (AvgIpc) is 3.08. The van der Waals surface area contributed by atoms with E-state index in [4.69, 9.17) is 4.52 Å². The number of aliphatic hydroxyl groups is 1. The molecule has 2 rings (SSSR count). The van der Waals surface area contributed by atoms with E-state index in [-0.39, 0.29) is 12.3 Å². The van der Waals surface area contributed by atoms with Crippen molar-refractivity contribution in [1.29, 1.82) is 0 Å². The fourth-order valence-electron chi connectivity index (χ4n) is 3.72. The molecule has 0 bridgehead atoms. The van der Waals surface area contributed by atoms with Crippen LogP contribution in [0.1, 0.15) is 83.3 Å². The Morgan fingerprint density at radius 3 is 2.39 bits per heavy atom. The quantitative estimate of drug-likeness (QED) is 0.768. The highest BCUT2D eigenvalue weighted by Gasteiger charge is 2.42. The van der Waals surface area contributed by atoms with Crippen LogP contribution in [0.4, 0.5) is 0 Å². The maximum atomic E-state index is 12.6. The SMILES string of the molecule is CCCC(O)(CCC)CC(=O)NC1(c2noc(C)n2)CCCC1. The molecule has 1 aliphatic rings. The molecule has 0 aromatic carbocycles. The molecule has 0 aliphatic heterocycles. The van der Waals surface area contributed by atoms with Gasteiger partial charge in [0.25, 0.3) is 0 Å². The van der Waals surface area contributed by atoms with Gasteiger partial charge in [-0.1, -0.05) is 44.7 Å². The van der Waals surface area contributed by atoms with Gasteiger partial charge >= 0.3 is 0 Å². The van der Waals surface area contributed by atoms with Gasteiger partial charge in [-0.25, -0.2) is 0 Å². The fraction of sp³-hybridized carbons (Fsp3) is 0.824. The van der Waals surface area contributed by atoms with Crippen molar-refractivity contribution in [3.63, 3.8) is 0 Å². The molecule has 0 saturated heterocycles. The number of nitrogens with zero attached hydrogens (tertiary/aromatic N) is 2. The van der Waals surface area contributed by atoms with Gasteiger partial charge in [-0.2, -0.15) is 4.98 Å². The minimum atomic E-state index is -0.916. The van der Waals surface area contributed by atoms with Crippen LogP contribution < -0.4 is 5.32 Å². The first-order valence-corrected chi connectivity index (χ1v) is 8.77. The van der Waals surface area contributed by atoms with Crippen LogP contribution in [0, 0.1) is 6.92 Å². The molecule has 0 atom stereocenters. The van der Waals surface area contributed by atoms with Crippen LogP contribution in [0.3, 0.4) is 0 Å². The van der Waals surface area contributed by atoms with E-state index in [0.717, 1.165) is 38.5 Å². The maximum Gasteiger partial charge on any atom is 0.223 e. The molecule has 1 fully saturated rings. The number of aromatic nitrogens is 2. The molecule has 1 heterocycles. The lowest BCUT2D eigenvalue weighted by molar-refractivity contribution is -0.129. The molecule has 2 N–H and O–H groups in total. The Morgan fingerprint density at radius 1 is 1.30 bits per heavy atom. The minimum absolute atomic E-state index is 0.126. The Kier molecular flexibility index (Phi) is 5.79. The van der Waals surface area contributed by atoms with Gasteiger partial charge in [-0.05, 0) is 25.7 Å². The Hall–Kier alpha value is -1.43. The molecule has 6 heteroatoms. The van der Waals surface area contributed by atoms with Crippen molar-refractivity contribution in [1.82, 2.24) is 15.5 Å². The number of hydrogen-bond acceptors (Lipinski definition) is 5. The summed E-state index contributed by atoms with van der Waals surface area (Å²) in [5.41, 5.74) is -1.45. The van der Waals surface area contributed by atoms with Crippen molar-refractivity contribution in [3.05, 3.63) is 11.7 Å². The third kappa shape index (κ3) is 4.31. The van der Waals surface area contributed by atoms with Gasteiger partial charge < -0.3 is 14.9 Å². The van der Waals surface area contributed by atoms with Crippen LogP contribution in [0.25, 0.3) is 0 Å². The smallest absolute Gasteiger partial charge is 0.223 e. The monoisotopic (exact) mass is 323 g/mol. The van der Waals surface area contributed by atoms with Gasteiger partial charge in [0.1, 0.15) is 5.54 Å². The van der Waals surface area contributed by atoms with Gasteiger partial charge in [-0.15, -0.1) is 0 Å². The molecule has 23 heavy (non-hydrogen) atoms. The predicted molar refractivity (Wildman–Crippen MR) is 86.7 cm³/mol. The third-order valence-electron chi connectivity index (χ3n) is 4.71. The topological polar surface area (TPSA) is 88.2 Å². The first-order chi connectivity index (χ1) is 10.9. The van der Waals surface area contributed by atoms with E-state index < -0.39 is 11.1 Å². The lowest BCUT2D eigenvalue weighted by Gasteiger charge is -2.31. The van der Waals surface area contributed by atoms with Crippen LogP contribution >= 0.6 is 0 Å². The first-order valence-electron chi connectivity index (χ1n) is 8.77. The number of carbonyl (C=O) groups excluding carboxylic acids is 1. The molecule has 1 saturated carbocycles. The summed E-state index contributed by atoms with van der Waals surface area (Å²) >= 11 is 0. The van der Waals surface area contributed by atoms with Crippen LogP contribution in [-0.4, -0.2) is 26.8 Å². The molecule has 1 aromatic heterocycles. The number of hydrogen-bond donors (Lipinski definition) is 2. The predicted octanol–water partition coefficient (Wildman–Crippen LogP) is 2.98. The normalized spacial score (nSPS) is 17.4. The van der Waals surface area contributed by atoms with E-state index in [2.05, 4.69) is 15.5 Å². The Balaban J connectivity index is 2.09. The number of amides is 1. The van der Waals surface area contributed by atoms with Crippen molar-refractivity contribution in [2.75, 3.05) is 0 Å². The molecule has 130 valence electrons. The second-order valence-electron chi connectivity index (χ2n) is 6.88. The highest BCUT2D eigenvalue weighted by Crippen LogP contribution is 2.37. The van der Waals surface area contributed by atoms with Gasteiger partial charge in [0.15, 0.2) is 5.82 Å². The molecular weight excluding hydrogens is 294 g/mol. The van der Waals surface area contributed by atoms with Crippen molar-refractivity contribution in [3.8, 4) is 0 Å². The van der Waals surface area contributed by atoms with Crippen molar-refractivity contribution < 1.29 is 14.4 Å². The van der Waals surface area contributed by atoms with Crippen molar-refractivity contribution in [2.45, 2.75) is 89.7 Å². The van der Waals surface area contributed by atoms with E-state index in [9.17, 15) is 9.90 Å². The second-order valence-corrected chi connectivity index (χ2v) is 6.88. The first kappa shape index (κ1) is 17.9. The molecule has 0 spiro atoms. The number of carbonyl (C=O) groups is 1. The highest BCUT2D eigenvalue weighted by molar-refractivity contribution is 5.78. The van der Waals surface area contributed by atoms with E-state index in [1.165, 1.54) is 0 Å². The van der Waals surface area contributed by atoms with Crippen LogP contribution in [-0.2, 0) is 10.3 Å². The number of rotatable bonds is 8. The summed E-state index contributed by atoms with van der Waals surface area (Å²) in [6, 6.07) is 0. The summed E-state index contributed by atoms with van der Waals surface area (Å²) in [5, 5.41) is 17.8. The molecule has 1 aromatic rings. The summed E-state index contributed by atoms with van der Waals surface area (Å²) in [6.07, 6.45) is 6.83. The standard InChI is InChI=1S/C17H29N3O3/c1-4-8-16(22,9-5-2)12-14(21)19-17(10-6-7-11-17)15-18-13(3)23-20-15/h22H,4-12H2,1-3H3,(H,19,21). The second kappa shape index (κ2) is 7.43. The van der Waals surface area contributed by atoms with E-state index >= 15 is 0 Å². The van der Waals surface area contributed by atoms with E-state index in [0.29, 0.717) is 24.6 Å². The summed E-state index contributed by atoms with van der Waals surface area (Å²) < 4.78 is 5.10. The fourth-order valence-corrected chi connectivity index (χ4v) is 3.72. The zero-order valence-corrected chi connectivity index (χ0v) is 14.5. The summed E-state index contributed by atoms with van der Waals surface area (Å²) in [4.78, 5) is 16.9. The summed E-state index contributed by atoms with van der Waals surface area (Å²) in [5.74, 6) is 0.947. The van der Waals surface area contributed by atoms with Gasteiger partial charge in [0.2, 0.25) is 11.8 Å². The Bertz CT molecular complexity index is 515. The molecule has 0 radical (unpaired) electrons. The lowest BCUT2D eigenvalue weighted by atomic mass is 9.88. The Morgan fingerprint density at radius 2 is 1.91 bits per heavy atom. The maximum absolute atomic E-state index is 12.6. The minimum Gasteiger partial charge on any atom is -0.389 e. The van der Waals surface area contributed by atoms with Gasteiger partial charge in [0, 0.05) is 6.92 Å². The average molecular weight is 323 g/mol. The summed E-state index contributed by atoms with van der Waals surface area (Å²) in [6.45, 7) is 5.81. The van der Waals surface area contributed by atoms with Crippen LogP contribution in [0.5, 0.6) is 0 Å². The Labute approximate surface area is 138 Å². The zero-order chi connectivity index (χ0) is 16.9. The molecule has 6 nitrogen and oxygen atoms in total. The van der Waals surface area contributed by atoms with Crippen molar-refractivity contribution >= 4 is 5.91 Å². The van der Waals surface area contributed by atoms with Crippen molar-refractivity contribution in [2.24, 2.45) is 0 Å². The zero-order valence-electron chi connectivity index (χ0n) is 14.5. The van der Waals surface area contributed by atoms with E-state index in [1.807, 2.05) is 13.8 Å². The summed E-state index contributed by atoms with van der Waals surface area (Å²) in [7, 11) is 0. The molecule has 1 amide bonds. The van der Waals surface area contributed by atoms with Gasteiger partial charge in [-0.3, -0.25) is 4.79 Å². The molecular formula is C17H29N3O3. The number of nitrogens with one attached hydrogen (secondary N) is 1.